The van der Waals surface area contributed by atoms with Gasteiger partial charge in [-0.25, -0.2) is 4.79 Å². The number of carbonyl (C=O) groups excluding carboxylic acids is 2. The predicted octanol–water partition coefficient (Wildman–Crippen LogP) is 2.31. The van der Waals surface area contributed by atoms with E-state index in [-0.39, 0.29) is 18.3 Å². The van der Waals surface area contributed by atoms with Crippen LogP contribution in [0.2, 0.25) is 0 Å². The Morgan fingerprint density at radius 3 is 2.57 bits per heavy atom. The summed E-state index contributed by atoms with van der Waals surface area (Å²) in [4.78, 5) is 22.9. The van der Waals surface area contributed by atoms with E-state index in [2.05, 4.69) is 12.2 Å². The highest BCUT2D eigenvalue weighted by Crippen LogP contribution is 2.12. The Labute approximate surface area is 127 Å². The van der Waals surface area contributed by atoms with E-state index in [0.717, 1.165) is 12.8 Å². The van der Waals surface area contributed by atoms with Gasteiger partial charge < -0.3 is 15.2 Å². The molecule has 0 radical (unpaired) electrons. The number of hydrogen-bond acceptors (Lipinski definition) is 4. The smallest absolute Gasteiger partial charge is 0.328 e. The van der Waals surface area contributed by atoms with Crippen LogP contribution in [0.15, 0.2) is 0 Å². The fraction of sp³-hybridized carbons (Fsp3) is 0.875. The number of nitrogens with one attached hydrogen (secondary N) is 1. The van der Waals surface area contributed by atoms with Gasteiger partial charge in [-0.15, -0.1) is 0 Å². The van der Waals surface area contributed by atoms with Crippen LogP contribution in [0.1, 0.15) is 71.1 Å². The summed E-state index contributed by atoms with van der Waals surface area (Å²) in [5, 5.41) is 12.4. The van der Waals surface area contributed by atoms with Crippen molar-refractivity contribution in [2.24, 2.45) is 0 Å². The SMILES string of the molecule is CCCCCCCCCC(O)CC(=O)N[C@@H]1CCOC1=O. The van der Waals surface area contributed by atoms with Crippen molar-refractivity contribution >= 4 is 11.9 Å². The molecule has 0 aliphatic carbocycles. The molecular weight excluding hydrogens is 270 g/mol. The highest BCUT2D eigenvalue weighted by molar-refractivity contribution is 5.85. The normalized spacial score (nSPS) is 19.3. The van der Waals surface area contributed by atoms with Gasteiger partial charge >= 0.3 is 5.97 Å². The van der Waals surface area contributed by atoms with Crippen molar-refractivity contribution in [1.29, 1.82) is 0 Å². The minimum absolute atomic E-state index is 0.0691. The Balaban J connectivity index is 2.00. The quantitative estimate of drug-likeness (QED) is 0.453. The first-order chi connectivity index (χ1) is 10.1. The summed E-state index contributed by atoms with van der Waals surface area (Å²) in [6, 6.07) is -0.525. The van der Waals surface area contributed by atoms with Crippen molar-refractivity contribution in [3.8, 4) is 0 Å². The lowest BCUT2D eigenvalue weighted by atomic mass is 10.0. The zero-order chi connectivity index (χ0) is 15.5. The van der Waals surface area contributed by atoms with Crippen LogP contribution in [-0.2, 0) is 14.3 Å². The molecule has 1 fully saturated rings. The van der Waals surface area contributed by atoms with Crippen LogP contribution in [0.5, 0.6) is 0 Å². The highest BCUT2D eigenvalue weighted by atomic mass is 16.5. The number of esters is 1. The lowest BCUT2D eigenvalue weighted by molar-refractivity contribution is -0.141. The topological polar surface area (TPSA) is 75.6 Å². The van der Waals surface area contributed by atoms with Gasteiger partial charge in [0, 0.05) is 6.42 Å². The number of carbonyl (C=O) groups is 2. The number of hydrogen-bond donors (Lipinski definition) is 2. The molecule has 2 atom stereocenters. The Morgan fingerprint density at radius 2 is 1.95 bits per heavy atom. The zero-order valence-corrected chi connectivity index (χ0v) is 13.1. The molecule has 1 amide bonds. The van der Waals surface area contributed by atoms with Crippen LogP contribution < -0.4 is 5.32 Å². The van der Waals surface area contributed by atoms with Crippen molar-refractivity contribution in [2.75, 3.05) is 6.61 Å². The molecule has 0 spiro atoms. The van der Waals surface area contributed by atoms with Gasteiger partial charge in [0.2, 0.25) is 5.91 Å². The van der Waals surface area contributed by atoms with E-state index in [1.54, 1.807) is 0 Å². The van der Waals surface area contributed by atoms with Crippen molar-refractivity contribution in [1.82, 2.24) is 5.32 Å². The minimum Gasteiger partial charge on any atom is -0.464 e. The second-order valence-electron chi connectivity index (χ2n) is 5.84. The van der Waals surface area contributed by atoms with Crippen LogP contribution in [0, 0.1) is 0 Å². The van der Waals surface area contributed by atoms with Crippen LogP contribution in [0.25, 0.3) is 0 Å². The van der Waals surface area contributed by atoms with Crippen molar-refractivity contribution in [2.45, 2.75) is 83.3 Å². The molecule has 1 rings (SSSR count). The van der Waals surface area contributed by atoms with E-state index in [0.29, 0.717) is 19.4 Å². The predicted molar refractivity (Wildman–Crippen MR) is 80.7 cm³/mol. The molecule has 5 heteroatoms. The van der Waals surface area contributed by atoms with Crippen LogP contribution in [0.3, 0.4) is 0 Å². The lowest BCUT2D eigenvalue weighted by Gasteiger charge is -2.12. The summed E-state index contributed by atoms with van der Waals surface area (Å²) in [7, 11) is 0. The Morgan fingerprint density at radius 1 is 1.29 bits per heavy atom. The third-order valence-electron chi connectivity index (χ3n) is 3.83. The molecule has 5 nitrogen and oxygen atoms in total. The zero-order valence-electron chi connectivity index (χ0n) is 13.1. The standard InChI is InChI=1S/C16H29NO4/c1-2-3-4-5-6-7-8-9-13(18)12-15(19)17-14-10-11-21-16(14)20/h13-14,18H,2-12H2,1H3,(H,17,19)/t13?,14-/m1/s1. The summed E-state index contributed by atoms with van der Waals surface area (Å²) in [5.41, 5.74) is 0. The summed E-state index contributed by atoms with van der Waals surface area (Å²) in [6.45, 7) is 2.57. The number of cyclic esters (lactones) is 1. The van der Waals surface area contributed by atoms with Gasteiger partial charge in [-0.3, -0.25) is 4.79 Å². The van der Waals surface area contributed by atoms with Gasteiger partial charge in [-0.05, 0) is 6.42 Å². The Bertz CT molecular complexity index is 319. The van der Waals surface area contributed by atoms with Crippen molar-refractivity contribution in [3.63, 3.8) is 0 Å². The van der Waals surface area contributed by atoms with Gasteiger partial charge in [0.1, 0.15) is 6.04 Å². The summed E-state index contributed by atoms with van der Waals surface area (Å²) in [6.07, 6.45) is 8.99. The molecule has 0 bridgehead atoms. The minimum atomic E-state index is -0.613. The monoisotopic (exact) mass is 299 g/mol. The molecule has 1 aliphatic heterocycles. The maximum absolute atomic E-state index is 11.7. The molecule has 21 heavy (non-hydrogen) atoms. The van der Waals surface area contributed by atoms with Crippen LogP contribution >= 0.6 is 0 Å². The molecular formula is C16H29NO4. The van der Waals surface area contributed by atoms with Crippen LogP contribution in [-0.4, -0.2) is 35.7 Å². The average molecular weight is 299 g/mol. The van der Waals surface area contributed by atoms with E-state index in [1.807, 2.05) is 0 Å². The molecule has 2 N–H and O–H groups in total. The number of aliphatic hydroxyl groups excluding tert-OH is 1. The first kappa shape index (κ1) is 18.0. The van der Waals surface area contributed by atoms with Gasteiger partial charge in [-0.2, -0.15) is 0 Å². The van der Waals surface area contributed by atoms with E-state index in [9.17, 15) is 14.7 Å². The number of unbranched alkanes of at least 4 members (excludes halogenated alkanes) is 6. The Kier molecular flexibility index (Phi) is 9.06. The van der Waals surface area contributed by atoms with E-state index in [1.165, 1.54) is 32.1 Å². The second kappa shape index (κ2) is 10.6. The molecule has 122 valence electrons. The van der Waals surface area contributed by atoms with Crippen LogP contribution in [0.4, 0.5) is 0 Å². The van der Waals surface area contributed by atoms with E-state index < -0.39 is 12.1 Å². The van der Waals surface area contributed by atoms with Crippen molar-refractivity contribution < 1.29 is 19.4 Å². The first-order valence-corrected chi connectivity index (χ1v) is 8.27. The fourth-order valence-electron chi connectivity index (χ4n) is 2.53. The van der Waals surface area contributed by atoms with Gasteiger partial charge in [0.15, 0.2) is 0 Å². The maximum atomic E-state index is 11.7. The number of aliphatic hydroxyl groups is 1. The molecule has 0 aromatic rings. The van der Waals surface area contributed by atoms with Gasteiger partial charge in [-0.1, -0.05) is 51.9 Å². The highest BCUT2D eigenvalue weighted by Gasteiger charge is 2.28. The number of amides is 1. The van der Waals surface area contributed by atoms with E-state index in [4.69, 9.17) is 4.74 Å². The maximum Gasteiger partial charge on any atom is 0.328 e. The summed E-state index contributed by atoms with van der Waals surface area (Å²) in [5.74, 6) is -0.640. The Hall–Kier alpha value is -1.10. The average Bonchev–Trinajstić information content (AvgIpc) is 2.83. The fourth-order valence-corrected chi connectivity index (χ4v) is 2.53. The summed E-state index contributed by atoms with van der Waals surface area (Å²) >= 11 is 0. The third kappa shape index (κ3) is 8.05. The molecule has 1 aliphatic rings. The number of rotatable bonds is 11. The third-order valence-corrected chi connectivity index (χ3v) is 3.83. The van der Waals surface area contributed by atoms with Gasteiger partial charge in [0.25, 0.3) is 0 Å². The summed E-state index contributed by atoms with van der Waals surface area (Å²) < 4.78 is 4.77. The number of ether oxygens (including phenoxy) is 1. The van der Waals surface area contributed by atoms with Crippen molar-refractivity contribution in [3.05, 3.63) is 0 Å². The van der Waals surface area contributed by atoms with Gasteiger partial charge in [0.05, 0.1) is 19.1 Å². The largest absolute Gasteiger partial charge is 0.464 e. The molecule has 0 saturated carbocycles. The molecule has 1 heterocycles. The van der Waals surface area contributed by atoms with E-state index >= 15 is 0 Å². The molecule has 0 aromatic heterocycles. The molecule has 1 unspecified atom stereocenters. The second-order valence-corrected chi connectivity index (χ2v) is 5.84. The first-order valence-electron chi connectivity index (χ1n) is 8.27. The molecule has 0 aromatic carbocycles. The lowest BCUT2D eigenvalue weighted by Crippen LogP contribution is -2.39. The molecule has 1 saturated heterocycles.